The van der Waals surface area contributed by atoms with E-state index in [9.17, 15) is 9.59 Å². The van der Waals surface area contributed by atoms with Gasteiger partial charge in [-0.25, -0.2) is 4.79 Å². The molecule has 6 nitrogen and oxygen atoms in total. The Labute approximate surface area is 124 Å². The van der Waals surface area contributed by atoms with Gasteiger partial charge in [-0.15, -0.1) is 0 Å². The maximum Gasteiger partial charge on any atom is 0.329 e. The Bertz CT molecular complexity index is 475. The van der Waals surface area contributed by atoms with E-state index in [-0.39, 0.29) is 25.0 Å². The van der Waals surface area contributed by atoms with Crippen LogP contribution in [0.25, 0.3) is 0 Å². The van der Waals surface area contributed by atoms with Crippen LogP contribution in [0.4, 0.5) is 0 Å². The van der Waals surface area contributed by atoms with Crippen molar-refractivity contribution in [2.75, 3.05) is 26.9 Å². The molecule has 0 saturated heterocycles. The Morgan fingerprint density at radius 3 is 2.81 bits per heavy atom. The van der Waals surface area contributed by atoms with Crippen molar-refractivity contribution in [3.8, 4) is 5.75 Å². The molecule has 0 aliphatic carbocycles. The fraction of sp³-hybridized carbons (Fsp3) is 0.467. The summed E-state index contributed by atoms with van der Waals surface area (Å²) in [5.74, 6) is -0.279. The number of ether oxygens (including phenoxy) is 2. The molecule has 0 aliphatic heterocycles. The minimum absolute atomic E-state index is 0.0695. The zero-order valence-electron chi connectivity index (χ0n) is 12.3. The predicted octanol–water partition coefficient (Wildman–Crippen LogP) is 1.41. The Hall–Kier alpha value is -2.08. The topological polar surface area (TPSA) is 84.9 Å². The Morgan fingerprint density at radius 1 is 1.38 bits per heavy atom. The van der Waals surface area contributed by atoms with E-state index in [2.05, 4.69) is 5.32 Å². The van der Waals surface area contributed by atoms with Gasteiger partial charge in [-0.2, -0.15) is 0 Å². The zero-order valence-corrected chi connectivity index (χ0v) is 12.3. The van der Waals surface area contributed by atoms with Gasteiger partial charge in [-0.1, -0.05) is 19.1 Å². The average Bonchev–Trinajstić information content (AvgIpc) is 2.46. The smallest absolute Gasteiger partial charge is 0.329 e. The highest BCUT2D eigenvalue weighted by Gasteiger charge is 2.11. The molecule has 1 aromatic carbocycles. The van der Waals surface area contributed by atoms with Gasteiger partial charge in [0.05, 0.1) is 13.7 Å². The molecule has 0 saturated carbocycles. The number of carboxylic acids is 1. The van der Waals surface area contributed by atoms with Gasteiger partial charge in [0.1, 0.15) is 12.4 Å². The van der Waals surface area contributed by atoms with E-state index in [1.165, 1.54) is 0 Å². The Morgan fingerprint density at radius 2 is 2.14 bits per heavy atom. The molecule has 1 rings (SSSR count). The summed E-state index contributed by atoms with van der Waals surface area (Å²) < 4.78 is 9.99. The molecule has 116 valence electrons. The van der Waals surface area contributed by atoms with Crippen LogP contribution in [-0.2, 0) is 14.3 Å². The van der Waals surface area contributed by atoms with Crippen molar-refractivity contribution in [3.63, 3.8) is 0 Å². The quantitative estimate of drug-likeness (QED) is 0.673. The molecule has 0 radical (unpaired) electrons. The van der Waals surface area contributed by atoms with Gasteiger partial charge < -0.3 is 19.9 Å². The summed E-state index contributed by atoms with van der Waals surface area (Å²) in [7, 11) is 1.60. The van der Waals surface area contributed by atoms with E-state index >= 15 is 0 Å². The van der Waals surface area contributed by atoms with E-state index in [1.807, 2.05) is 31.2 Å². The molecule has 0 spiro atoms. The second-order valence-corrected chi connectivity index (χ2v) is 4.68. The molecule has 0 aromatic heterocycles. The largest absolute Gasteiger partial charge is 0.497 e. The van der Waals surface area contributed by atoms with Gasteiger partial charge >= 0.3 is 5.97 Å². The van der Waals surface area contributed by atoms with Crippen molar-refractivity contribution in [2.45, 2.75) is 19.3 Å². The first-order valence-electron chi connectivity index (χ1n) is 6.73. The molecule has 0 bridgehead atoms. The van der Waals surface area contributed by atoms with Crippen molar-refractivity contribution >= 4 is 11.9 Å². The first-order chi connectivity index (χ1) is 10.0. The second-order valence-electron chi connectivity index (χ2n) is 4.68. The summed E-state index contributed by atoms with van der Waals surface area (Å²) in [5.41, 5.74) is 1.03. The molecule has 1 aromatic rings. The number of nitrogens with one attached hydrogen (secondary N) is 1. The summed E-state index contributed by atoms with van der Waals surface area (Å²) in [4.78, 5) is 22.0. The monoisotopic (exact) mass is 295 g/mol. The second kappa shape index (κ2) is 8.97. The van der Waals surface area contributed by atoms with Crippen molar-refractivity contribution in [3.05, 3.63) is 29.8 Å². The van der Waals surface area contributed by atoms with E-state index in [0.717, 1.165) is 11.3 Å². The summed E-state index contributed by atoms with van der Waals surface area (Å²) in [6.07, 6.45) is 0.353. The molecule has 21 heavy (non-hydrogen) atoms. The predicted molar refractivity (Wildman–Crippen MR) is 77.5 cm³/mol. The molecule has 6 heteroatoms. The number of hydrogen-bond donors (Lipinski definition) is 2. The van der Waals surface area contributed by atoms with Gasteiger partial charge in [-0.3, -0.25) is 4.79 Å². The van der Waals surface area contributed by atoms with Crippen LogP contribution in [0, 0.1) is 0 Å². The number of carbonyl (C=O) groups excluding carboxylic acids is 1. The molecule has 2 N–H and O–H groups in total. The van der Waals surface area contributed by atoms with Crippen LogP contribution in [-0.4, -0.2) is 43.9 Å². The number of carbonyl (C=O) groups is 2. The summed E-state index contributed by atoms with van der Waals surface area (Å²) >= 11 is 0. The molecule has 0 aliphatic rings. The highest BCUT2D eigenvalue weighted by atomic mass is 16.5. The van der Waals surface area contributed by atoms with Crippen LogP contribution in [0.2, 0.25) is 0 Å². The Balaban J connectivity index is 2.31. The molecular formula is C15H21NO5. The van der Waals surface area contributed by atoms with Crippen LogP contribution in [0.1, 0.15) is 24.8 Å². The fourth-order valence-corrected chi connectivity index (χ4v) is 1.84. The van der Waals surface area contributed by atoms with Crippen molar-refractivity contribution in [2.24, 2.45) is 0 Å². The lowest BCUT2D eigenvalue weighted by molar-refractivity contribution is -0.142. The summed E-state index contributed by atoms with van der Waals surface area (Å²) in [6, 6.07) is 7.61. The van der Waals surface area contributed by atoms with E-state index in [4.69, 9.17) is 14.6 Å². The van der Waals surface area contributed by atoms with Crippen LogP contribution in [0.3, 0.4) is 0 Å². The van der Waals surface area contributed by atoms with Crippen LogP contribution < -0.4 is 10.1 Å². The fourth-order valence-electron chi connectivity index (χ4n) is 1.84. The Kier molecular flexibility index (Phi) is 7.25. The standard InChI is InChI=1S/C15H21NO5/c1-11(12-4-3-5-13(9-12)20-2)8-14(17)16-6-7-21-10-15(18)19/h3-5,9,11H,6-8,10H2,1-2H3,(H,16,17)(H,18,19). The maximum absolute atomic E-state index is 11.8. The number of amides is 1. The van der Waals surface area contributed by atoms with Gasteiger partial charge in [-0.05, 0) is 23.6 Å². The zero-order chi connectivity index (χ0) is 15.7. The molecule has 0 heterocycles. The van der Waals surface area contributed by atoms with E-state index < -0.39 is 5.97 Å². The molecule has 1 atom stereocenters. The summed E-state index contributed by atoms with van der Waals surface area (Å²) in [6.45, 7) is 2.11. The minimum atomic E-state index is -1.02. The third-order valence-electron chi connectivity index (χ3n) is 2.95. The average molecular weight is 295 g/mol. The van der Waals surface area contributed by atoms with Gasteiger partial charge in [0.25, 0.3) is 0 Å². The first kappa shape index (κ1) is 17.0. The SMILES string of the molecule is COc1cccc(C(C)CC(=O)NCCOCC(=O)O)c1. The molecule has 1 amide bonds. The van der Waals surface area contributed by atoms with Crippen LogP contribution >= 0.6 is 0 Å². The van der Waals surface area contributed by atoms with Crippen molar-refractivity contribution in [1.29, 1.82) is 0 Å². The minimum Gasteiger partial charge on any atom is -0.497 e. The first-order valence-corrected chi connectivity index (χ1v) is 6.73. The number of rotatable bonds is 9. The van der Waals surface area contributed by atoms with E-state index in [1.54, 1.807) is 7.11 Å². The number of aliphatic carboxylic acids is 1. The van der Waals surface area contributed by atoms with Crippen LogP contribution in [0.15, 0.2) is 24.3 Å². The lowest BCUT2D eigenvalue weighted by Gasteiger charge is -2.13. The number of benzene rings is 1. The summed E-state index contributed by atoms with van der Waals surface area (Å²) in [5, 5.41) is 11.1. The number of hydrogen-bond acceptors (Lipinski definition) is 4. The van der Waals surface area contributed by atoms with Crippen molar-refractivity contribution < 1.29 is 24.2 Å². The normalized spacial score (nSPS) is 11.7. The lowest BCUT2D eigenvalue weighted by Crippen LogP contribution is -2.28. The molecule has 0 fully saturated rings. The maximum atomic E-state index is 11.8. The molecule has 1 unspecified atom stereocenters. The van der Waals surface area contributed by atoms with Gasteiger partial charge in [0, 0.05) is 13.0 Å². The molecular weight excluding hydrogens is 274 g/mol. The van der Waals surface area contributed by atoms with Gasteiger partial charge in [0.15, 0.2) is 0 Å². The van der Waals surface area contributed by atoms with Crippen molar-refractivity contribution in [1.82, 2.24) is 5.32 Å². The highest BCUT2D eigenvalue weighted by Crippen LogP contribution is 2.22. The third-order valence-corrected chi connectivity index (χ3v) is 2.95. The third kappa shape index (κ3) is 6.76. The van der Waals surface area contributed by atoms with E-state index in [0.29, 0.717) is 13.0 Å². The highest BCUT2D eigenvalue weighted by molar-refractivity contribution is 5.76. The van der Waals surface area contributed by atoms with Crippen LogP contribution in [0.5, 0.6) is 5.75 Å². The number of carboxylic acid groups (broad SMARTS) is 1. The lowest BCUT2D eigenvalue weighted by atomic mass is 9.97. The number of methoxy groups -OCH3 is 1. The van der Waals surface area contributed by atoms with Gasteiger partial charge in [0.2, 0.25) is 5.91 Å².